The molecule has 4 rings (SSSR count). The Bertz CT molecular complexity index is 720. The van der Waals surface area contributed by atoms with E-state index < -0.39 is 28.4 Å². The second-order valence-corrected chi connectivity index (χ2v) is 6.58. The normalized spacial score (nSPS) is 25.8. The van der Waals surface area contributed by atoms with Crippen molar-refractivity contribution in [2.45, 2.75) is 19.0 Å². The van der Waals surface area contributed by atoms with Crippen LogP contribution in [-0.2, 0) is 11.0 Å². The van der Waals surface area contributed by atoms with Crippen LogP contribution in [-0.4, -0.2) is 29.1 Å². The molecule has 0 radical (unpaired) electrons. The Balaban J connectivity index is 1.86. The minimum absolute atomic E-state index is 0.0645. The number of aromatic nitrogens is 1. The number of carbonyl (C=O) groups is 1. The number of fused-ring (bicyclic) bond motifs is 2. The Hall–Kier alpha value is -2.01. The lowest BCUT2D eigenvalue weighted by molar-refractivity contribution is -0.141. The zero-order valence-electron chi connectivity index (χ0n) is 12.3. The lowest BCUT2D eigenvalue weighted by Gasteiger charge is -2.53. The van der Waals surface area contributed by atoms with Crippen LogP contribution in [0.3, 0.4) is 0 Å². The molecule has 1 aliphatic carbocycles. The summed E-state index contributed by atoms with van der Waals surface area (Å²) in [5.74, 6) is -0.456. The number of anilines is 1. The van der Waals surface area contributed by atoms with Gasteiger partial charge in [0.15, 0.2) is 0 Å². The number of aliphatic carboxylic acids is 1. The van der Waals surface area contributed by atoms with E-state index in [2.05, 4.69) is 4.98 Å². The molecular formula is C15H13ClF3N3O2. The van der Waals surface area contributed by atoms with E-state index in [9.17, 15) is 18.0 Å². The Labute approximate surface area is 140 Å². The first-order valence-electron chi connectivity index (χ1n) is 7.35. The van der Waals surface area contributed by atoms with E-state index in [1.807, 2.05) is 0 Å². The molecule has 3 heterocycles. The van der Waals surface area contributed by atoms with Crippen molar-refractivity contribution in [2.75, 3.05) is 18.0 Å². The fourth-order valence-electron chi connectivity index (χ4n) is 3.70. The van der Waals surface area contributed by atoms with E-state index in [0.717, 1.165) is 12.5 Å². The molecular weight excluding hydrogens is 347 g/mol. The number of carboxylic acids is 1. The average Bonchev–Trinajstić information content (AvgIpc) is 2.51. The van der Waals surface area contributed by atoms with Crippen LogP contribution >= 0.6 is 11.6 Å². The second kappa shape index (κ2) is 5.81. The summed E-state index contributed by atoms with van der Waals surface area (Å²) in [6.45, 7) is 0.891. The van der Waals surface area contributed by atoms with Gasteiger partial charge in [0.25, 0.3) is 0 Å². The maximum absolute atomic E-state index is 13.1. The summed E-state index contributed by atoms with van der Waals surface area (Å²) in [5.41, 5.74) is -1.78. The second-order valence-electron chi connectivity index (χ2n) is 6.23. The van der Waals surface area contributed by atoms with E-state index in [4.69, 9.17) is 22.0 Å². The van der Waals surface area contributed by atoms with E-state index in [1.165, 1.54) is 6.07 Å². The number of alkyl halides is 3. The highest BCUT2D eigenvalue weighted by Crippen LogP contribution is 2.48. The molecule has 1 aromatic heterocycles. The minimum Gasteiger partial charge on any atom is -0.481 e. The summed E-state index contributed by atoms with van der Waals surface area (Å²) < 4.78 is 39.4. The Morgan fingerprint density at radius 1 is 1.46 bits per heavy atom. The Morgan fingerprint density at radius 3 is 2.58 bits per heavy atom. The molecule has 5 nitrogen and oxygen atoms in total. The summed E-state index contributed by atoms with van der Waals surface area (Å²) in [5, 5.41) is 17.3. The molecule has 0 amide bonds. The van der Waals surface area contributed by atoms with Gasteiger partial charge in [0.05, 0.1) is 5.56 Å². The third-order valence-corrected chi connectivity index (χ3v) is 5.11. The zero-order chi connectivity index (χ0) is 17.6. The molecule has 0 aromatic carbocycles. The van der Waals surface area contributed by atoms with Gasteiger partial charge in [-0.25, -0.2) is 4.98 Å². The number of nitriles is 1. The number of carboxylic acid groups (broad SMARTS) is 1. The van der Waals surface area contributed by atoms with Crippen molar-refractivity contribution in [3.63, 3.8) is 0 Å². The van der Waals surface area contributed by atoms with Crippen molar-refractivity contribution in [1.82, 2.24) is 4.98 Å². The van der Waals surface area contributed by atoms with Crippen LogP contribution in [0.4, 0.5) is 19.0 Å². The highest BCUT2D eigenvalue weighted by molar-refractivity contribution is 6.30. The number of nitrogens with zero attached hydrogens (tertiary/aromatic N) is 3. The van der Waals surface area contributed by atoms with Crippen LogP contribution in [0.15, 0.2) is 6.07 Å². The highest BCUT2D eigenvalue weighted by Gasteiger charge is 2.48. The maximum atomic E-state index is 13.1. The topological polar surface area (TPSA) is 77.2 Å². The van der Waals surface area contributed by atoms with Gasteiger partial charge in [0.2, 0.25) is 0 Å². The third kappa shape index (κ3) is 2.88. The molecule has 0 spiro atoms. The lowest BCUT2D eigenvalue weighted by Crippen LogP contribution is -2.56. The monoisotopic (exact) mass is 359 g/mol. The van der Waals surface area contributed by atoms with E-state index >= 15 is 0 Å². The average molecular weight is 360 g/mol. The summed E-state index contributed by atoms with van der Waals surface area (Å²) >= 11 is 5.77. The zero-order valence-corrected chi connectivity index (χ0v) is 13.1. The van der Waals surface area contributed by atoms with E-state index in [1.54, 1.807) is 4.90 Å². The summed E-state index contributed by atoms with van der Waals surface area (Å²) in [7, 11) is 0. The standard InChI is InChI=1S/C15H13ClF3N3O2/c16-14-10(4-20)11(15(17,18)19)3-12(21-14)22-5-7-1-8(6-22)9(7)2-13(23)24/h3,7-9H,1-2,5-6H2,(H,23,24). The van der Waals surface area contributed by atoms with E-state index in [0.29, 0.717) is 13.1 Å². The van der Waals surface area contributed by atoms with Gasteiger partial charge in [-0.05, 0) is 30.2 Å². The maximum Gasteiger partial charge on any atom is 0.417 e. The summed E-state index contributed by atoms with van der Waals surface area (Å²) in [6.07, 6.45) is -3.74. The number of rotatable bonds is 3. The Kier molecular flexibility index (Phi) is 4.08. The summed E-state index contributed by atoms with van der Waals surface area (Å²) in [6, 6.07) is 2.30. The predicted octanol–water partition coefficient (Wildman–Crippen LogP) is 3.17. The van der Waals surface area contributed by atoms with Gasteiger partial charge >= 0.3 is 12.1 Å². The number of piperidine rings is 2. The molecule has 1 saturated carbocycles. The Morgan fingerprint density at radius 2 is 2.08 bits per heavy atom. The van der Waals surface area contributed by atoms with Crippen LogP contribution in [0.2, 0.25) is 5.15 Å². The molecule has 2 saturated heterocycles. The van der Waals surface area contributed by atoms with Gasteiger partial charge < -0.3 is 10.0 Å². The highest BCUT2D eigenvalue weighted by atomic mass is 35.5. The van der Waals surface area contributed by atoms with Gasteiger partial charge in [0, 0.05) is 19.5 Å². The molecule has 3 aliphatic rings. The minimum atomic E-state index is -4.70. The molecule has 2 aliphatic heterocycles. The molecule has 24 heavy (non-hydrogen) atoms. The SMILES string of the molecule is N#Cc1c(C(F)(F)F)cc(N2CC3CC(C2)C3CC(=O)O)nc1Cl. The fourth-order valence-corrected chi connectivity index (χ4v) is 3.93. The largest absolute Gasteiger partial charge is 0.481 e. The molecule has 9 heteroatoms. The van der Waals surface area contributed by atoms with Crippen molar-refractivity contribution >= 4 is 23.4 Å². The molecule has 2 bridgehead atoms. The first kappa shape index (κ1) is 16.8. The molecule has 1 aromatic rings. The van der Waals surface area contributed by atoms with Crippen LogP contribution in [0.25, 0.3) is 0 Å². The molecule has 2 atom stereocenters. The van der Waals surface area contributed by atoms with Gasteiger partial charge in [-0.3, -0.25) is 4.79 Å². The van der Waals surface area contributed by atoms with Crippen molar-refractivity contribution in [3.05, 3.63) is 22.3 Å². The first-order valence-corrected chi connectivity index (χ1v) is 7.73. The molecule has 128 valence electrons. The number of hydrogen-bond donors (Lipinski definition) is 1. The van der Waals surface area contributed by atoms with Crippen LogP contribution in [0.1, 0.15) is 24.0 Å². The molecule has 2 unspecified atom stereocenters. The predicted molar refractivity (Wildman–Crippen MR) is 78.5 cm³/mol. The van der Waals surface area contributed by atoms with Gasteiger partial charge in [-0.1, -0.05) is 11.6 Å². The van der Waals surface area contributed by atoms with E-state index in [-0.39, 0.29) is 30.0 Å². The van der Waals surface area contributed by atoms with Gasteiger partial charge in [-0.15, -0.1) is 0 Å². The number of hydrogen-bond acceptors (Lipinski definition) is 4. The van der Waals surface area contributed by atoms with Crippen LogP contribution in [0, 0.1) is 29.1 Å². The lowest BCUT2D eigenvalue weighted by atomic mass is 9.60. The molecule has 3 fully saturated rings. The number of halogens is 4. The van der Waals surface area contributed by atoms with Gasteiger partial charge in [-0.2, -0.15) is 18.4 Å². The molecule has 1 N–H and O–H groups in total. The van der Waals surface area contributed by atoms with Crippen molar-refractivity contribution in [2.24, 2.45) is 17.8 Å². The summed E-state index contributed by atoms with van der Waals surface area (Å²) in [4.78, 5) is 16.5. The smallest absolute Gasteiger partial charge is 0.417 e. The van der Waals surface area contributed by atoms with Gasteiger partial charge in [0.1, 0.15) is 22.6 Å². The van der Waals surface area contributed by atoms with Crippen molar-refractivity contribution < 1.29 is 23.1 Å². The van der Waals surface area contributed by atoms with Crippen molar-refractivity contribution in [3.8, 4) is 6.07 Å². The fraction of sp³-hybridized carbons (Fsp3) is 0.533. The third-order valence-electron chi connectivity index (χ3n) is 4.84. The quantitative estimate of drug-likeness (QED) is 0.839. The first-order chi connectivity index (χ1) is 11.2. The van der Waals surface area contributed by atoms with Crippen LogP contribution in [0.5, 0.6) is 0 Å². The number of pyridine rings is 1. The van der Waals surface area contributed by atoms with Crippen molar-refractivity contribution in [1.29, 1.82) is 5.26 Å². The van der Waals surface area contributed by atoms with Crippen LogP contribution < -0.4 is 4.90 Å².